The largest absolute Gasteiger partial charge is 0.394 e. The number of anilines is 1. The Labute approximate surface area is 105 Å². The minimum Gasteiger partial charge on any atom is -0.394 e. The van der Waals surface area contributed by atoms with Crippen molar-refractivity contribution in [3.05, 3.63) is 28.2 Å². The van der Waals surface area contributed by atoms with Gasteiger partial charge >= 0.3 is 0 Å². The van der Waals surface area contributed by atoms with Gasteiger partial charge in [-0.1, -0.05) is 22.0 Å². The molecular formula is C12H18BrNO2. The summed E-state index contributed by atoms with van der Waals surface area (Å²) in [5.74, 6) is 0. The van der Waals surface area contributed by atoms with Crippen molar-refractivity contribution in [1.29, 1.82) is 0 Å². The van der Waals surface area contributed by atoms with E-state index in [1.165, 1.54) is 0 Å². The van der Waals surface area contributed by atoms with Gasteiger partial charge < -0.3 is 15.1 Å². The molecule has 90 valence electrons. The minimum atomic E-state index is -0.517. The number of likely N-dealkylation sites (N-methyl/N-ethyl adjacent to an activating group) is 1. The summed E-state index contributed by atoms with van der Waals surface area (Å²) in [5.41, 5.74) is 1.80. The molecule has 0 aliphatic rings. The number of rotatable bonds is 4. The lowest BCUT2D eigenvalue weighted by Gasteiger charge is -2.28. The van der Waals surface area contributed by atoms with Crippen LogP contribution in [0, 0.1) is 0 Å². The van der Waals surface area contributed by atoms with Crippen LogP contribution in [0.15, 0.2) is 22.7 Å². The van der Waals surface area contributed by atoms with Crippen LogP contribution in [0.25, 0.3) is 0 Å². The summed E-state index contributed by atoms with van der Waals surface area (Å²) in [4.78, 5) is 1.97. The first-order chi connectivity index (χ1) is 7.47. The van der Waals surface area contributed by atoms with Gasteiger partial charge in [0.05, 0.1) is 12.7 Å². The van der Waals surface area contributed by atoms with Crippen LogP contribution in [-0.2, 0) is 0 Å². The highest BCUT2D eigenvalue weighted by atomic mass is 79.9. The van der Waals surface area contributed by atoms with Gasteiger partial charge in [0.15, 0.2) is 0 Å². The molecule has 0 aliphatic carbocycles. The predicted molar refractivity (Wildman–Crippen MR) is 69.7 cm³/mol. The van der Waals surface area contributed by atoms with E-state index >= 15 is 0 Å². The molecule has 0 aliphatic heterocycles. The van der Waals surface area contributed by atoms with Gasteiger partial charge in [-0.05, 0) is 26.0 Å². The number of nitrogens with zero attached hydrogens (tertiary/aromatic N) is 1. The van der Waals surface area contributed by atoms with Crippen molar-refractivity contribution in [3.63, 3.8) is 0 Å². The highest BCUT2D eigenvalue weighted by Gasteiger charge is 2.15. The topological polar surface area (TPSA) is 43.7 Å². The predicted octanol–water partition coefficient (Wildman–Crippen LogP) is 2.32. The average molecular weight is 288 g/mol. The molecule has 0 saturated heterocycles. The first kappa shape index (κ1) is 13.5. The summed E-state index contributed by atoms with van der Waals surface area (Å²) >= 11 is 3.41. The maximum Gasteiger partial charge on any atom is 0.0782 e. The molecule has 1 aromatic rings. The molecule has 2 atom stereocenters. The van der Waals surface area contributed by atoms with E-state index in [4.69, 9.17) is 5.11 Å². The van der Waals surface area contributed by atoms with Crippen LogP contribution < -0.4 is 4.90 Å². The Hall–Kier alpha value is -0.580. The fraction of sp³-hybridized carbons (Fsp3) is 0.500. The third kappa shape index (κ3) is 2.97. The number of halogens is 1. The van der Waals surface area contributed by atoms with E-state index in [9.17, 15) is 5.11 Å². The van der Waals surface area contributed by atoms with Gasteiger partial charge in [-0.25, -0.2) is 0 Å². The van der Waals surface area contributed by atoms with Gasteiger partial charge in [0.2, 0.25) is 0 Å². The minimum absolute atomic E-state index is 0.0202. The molecule has 0 spiro atoms. The quantitative estimate of drug-likeness (QED) is 0.893. The lowest BCUT2D eigenvalue weighted by molar-refractivity contribution is 0.199. The van der Waals surface area contributed by atoms with Gasteiger partial charge in [-0.15, -0.1) is 0 Å². The summed E-state index contributed by atoms with van der Waals surface area (Å²) in [6.07, 6.45) is -0.517. The van der Waals surface area contributed by atoms with Crippen molar-refractivity contribution in [2.75, 3.05) is 18.6 Å². The van der Waals surface area contributed by atoms with Gasteiger partial charge in [0.25, 0.3) is 0 Å². The molecule has 2 unspecified atom stereocenters. The molecule has 0 amide bonds. The molecule has 0 bridgehead atoms. The number of hydrogen-bond acceptors (Lipinski definition) is 3. The van der Waals surface area contributed by atoms with Gasteiger partial charge in [0, 0.05) is 28.8 Å². The van der Waals surface area contributed by atoms with Crippen LogP contribution in [0.1, 0.15) is 25.5 Å². The second-order valence-corrected chi connectivity index (χ2v) is 4.94. The smallest absolute Gasteiger partial charge is 0.0782 e. The Morgan fingerprint density at radius 3 is 2.50 bits per heavy atom. The number of aliphatic hydroxyl groups excluding tert-OH is 2. The van der Waals surface area contributed by atoms with E-state index < -0.39 is 6.10 Å². The zero-order valence-corrected chi connectivity index (χ0v) is 11.4. The van der Waals surface area contributed by atoms with E-state index in [-0.39, 0.29) is 12.6 Å². The highest BCUT2D eigenvalue weighted by Crippen LogP contribution is 2.29. The molecule has 3 nitrogen and oxygen atoms in total. The average Bonchev–Trinajstić information content (AvgIpc) is 2.26. The zero-order chi connectivity index (χ0) is 12.3. The second kappa shape index (κ2) is 5.66. The third-order valence-corrected chi connectivity index (χ3v) is 3.24. The van der Waals surface area contributed by atoms with Gasteiger partial charge in [-0.3, -0.25) is 0 Å². The lowest BCUT2D eigenvalue weighted by atomic mass is 10.1. The maximum atomic E-state index is 9.69. The van der Waals surface area contributed by atoms with E-state index in [0.29, 0.717) is 0 Å². The van der Waals surface area contributed by atoms with Crippen LogP contribution in [0.5, 0.6) is 0 Å². The normalized spacial score (nSPS) is 14.6. The highest BCUT2D eigenvalue weighted by molar-refractivity contribution is 9.10. The third-order valence-electron chi connectivity index (χ3n) is 2.75. The molecule has 0 heterocycles. The summed E-state index contributed by atoms with van der Waals surface area (Å²) in [7, 11) is 1.91. The van der Waals surface area contributed by atoms with Gasteiger partial charge in [-0.2, -0.15) is 0 Å². The number of aliphatic hydroxyl groups is 2. The van der Waals surface area contributed by atoms with Crippen molar-refractivity contribution in [1.82, 2.24) is 0 Å². The van der Waals surface area contributed by atoms with E-state index in [0.717, 1.165) is 15.7 Å². The van der Waals surface area contributed by atoms with E-state index in [1.54, 1.807) is 6.92 Å². The summed E-state index contributed by atoms with van der Waals surface area (Å²) in [6, 6.07) is 5.77. The zero-order valence-electron chi connectivity index (χ0n) is 9.81. The SMILES string of the molecule is CC(O)c1ccc(Br)cc1N(C)C(C)CO. The van der Waals surface area contributed by atoms with Crippen LogP contribution >= 0.6 is 15.9 Å². The van der Waals surface area contributed by atoms with Crippen molar-refractivity contribution < 1.29 is 10.2 Å². The summed E-state index contributed by atoms with van der Waals surface area (Å²) in [5, 5.41) is 18.8. The van der Waals surface area contributed by atoms with Crippen molar-refractivity contribution >= 4 is 21.6 Å². The molecule has 2 N–H and O–H groups in total. The number of hydrogen-bond donors (Lipinski definition) is 2. The molecule has 1 rings (SSSR count). The van der Waals surface area contributed by atoms with Crippen molar-refractivity contribution in [3.8, 4) is 0 Å². The molecule has 0 aromatic heterocycles. The van der Waals surface area contributed by atoms with E-state index in [1.807, 2.05) is 37.1 Å². The Kier molecular flexibility index (Phi) is 4.77. The first-order valence-corrected chi connectivity index (χ1v) is 6.08. The van der Waals surface area contributed by atoms with Crippen LogP contribution in [0.4, 0.5) is 5.69 Å². The Morgan fingerprint density at radius 2 is 2.00 bits per heavy atom. The molecule has 0 saturated carbocycles. The van der Waals surface area contributed by atoms with Gasteiger partial charge in [0.1, 0.15) is 0 Å². The monoisotopic (exact) mass is 287 g/mol. The Morgan fingerprint density at radius 1 is 1.38 bits per heavy atom. The fourth-order valence-electron chi connectivity index (χ4n) is 1.54. The first-order valence-electron chi connectivity index (χ1n) is 5.28. The van der Waals surface area contributed by atoms with Crippen molar-refractivity contribution in [2.45, 2.75) is 26.0 Å². The van der Waals surface area contributed by atoms with Crippen LogP contribution in [0.2, 0.25) is 0 Å². The lowest BCUT2D eigenvalue weighted by Crippen LogP contribution is -2.32. The van der Waals surface area contributed by atoms with E-state index in [2.05, 4.69) is 15.9 Å². The van der Waals surface area contributed by atoms with Crippen LogP contribution in [-0.4, -0.2) is 29.9 Å². The Balaban J connectivity index is 3.13. The number of benzene rings is 1. The second-order valence-electron chi connectivity index (χ2n) is 4.02. The molecular weight excluding hydrogens is 270 g/mol. The molecule has 0 fully saturated rings. The summed E-state index contributed by atoms with van der Waals surface area (Å²) < 4.78 is 0.962. The molecule has 4 heteroatoms. The van der Waals surface area contributed by atoms with Crippen LogP contribution in [0.3, 0.4) is 0 Å². The Bertz CT molecular complexity index is 355. The fourth-order valence-corrected chi connectivity index (χ4v) is 1.88. The maximum absolute atomic E-state index is 9.69. The summed E-state index contributed by atoms with van der Waals surface area (Å²) in [6.45, 7) is 3.76. The molecule has 16 heavy (non-hydrogen) atoms. The van der Waals surface area contributed by atoms with Crippen molar-refractivity contribution in [2.24, 2.45) is 0 Å². The molecule has 0 radical (unpaired) electrons. The standard InChI is InChI=1S/C12H18BrNO2/c1-8(7-15)14(3)12-6-10(13)4-5-11(12)9(2)16/h4-6,8-9,15-16H,7H2,1-3H3. The molecule has 1 aromatic carbocycles.